The Morgan fingerprint density at radius 3 is 2.25 bits per heavy atom. The van der Waals surface area contributed by atoms with Crippen LogP contribution in [0.1, 0.15) is 11.1 Å². The van der Waals surface area contributed by atoms with Crippen LogP contribution in [0.5, 0.6) is 11.8 Å². The molecule has 6 heteroatoms. The quantitative estimate of drug-likeness (QED) is 0.478. The average molecular weight is 371 g/mol. The van der Waals surface area contributed by atoms with E-state index in [1.807, 2.05) is 60.7 Å². The zero-order valence-electron chi connectivity index (χ0n) is 15.4. The number of aromatic nitrogens is 4. The van der Waals surface area contributed by atoms with Gasteiger partial charge in [0.1, 0.15) is 5.75 Å². The highest BCUT2D eigenvalue weighted by Gasteiger charge is 2.10. The van der Waals surface area contributed by atoms with Gasteiger partial charge in [-0.05, 0) is 58.8 Å². The van der Waals surface area contributed by atoms with Gasteiger partial charge in [-0.25, -0.2) is 0 Å². The molecule has 28 heavy (non-hydrogen) atoms. The van der Waals surface area contributed by atoms with Crippen molar-refractivity contribution >= 4 is 0 Å². The molecule has 0 aliphatic heterocycles. The van der Waals surface area contributed by atoms with Crippen LogP contribution in [-0.2, 0) is 13.0 Å². The fourth-order valence-electron chi connectivity index (χ4n) is 2.86. The van der Waals surface area contributed by atoms with Gasteiger partial charge in [0.2, 0.25) is 0 Å². The van der Waals surface area contributed by atoms with Gasteiger partial charge < -0.3 is 10.1 Å². The molecule has 1 heterocycles. The molecule has 4 rings (SSSR count). The van der Waals surface area contributed by atoms with Crippen molar-refractivity contribution in [2.45, 2.75) is 13.0 Å². The molecule has 0 fully saturated rings. The third-order valence-electron chi connectivity index (χ3n) is 4.34. The molecule has 0 amide bonds. The Morgan fingerprint density at radius 2 is 1.50 bits per heavy atom. The summed E-state index contributed by atoms with van der Waals surface area (Å²) >= 11 is 0. The summed E-state index contributed by atoms with van der Waals surface area (Å²) in [5.74, 6) is 0.694. The monoisotopic (exact) mass is 371 g/mol. The number of nitrogens with one attached hydrogen (secondary N) is 1. The Labute approximate surface area is 163 Å². The number of hydrogen-bond acceptors (Lipinski definition) is 5. The molecule has 3 aromatic carbocycles. The number of tetrazole rings is 1. The lowest BCUT2D eigenvalue weighted by Gasteiger charge is -2.08. The van der Waals surface area contributed by atoms with Gasteiger partial charge in [0, 0.05) is 6.54 Å². The number of nitrogens with zero attached hydrogens (tertiary/aromatic N) is 4. The number of benzene rings is 3. The molecule has 0 bridgehead atoms. The van der Waals surface area contributed by atoms with E-state index in [1.165, 1.54) is 11.1 Å². The molecule has 0 atom stereocenters. The van der Waals surface area contributed by atoms with E-state index in [2.05, 4.69) is 45.1 Å². The van der Waals surface area contributed by atoms with Crippen molar-refractivity contribution in [2.75, 3.05) is 6.54 Å². The van der Waals surface area contributed by atoms with Crippen LogP contribution in [0.4, 0.5) is 0 Å². The molecular formula is C22H21N5O. The Bertz CT molecular complexity index is 984. The van der Waals surface area contributed by atoms with Gasteiger partial charge in [0.15, 0.2) is 0 Å². The van der Waals surface area contributed by atoms with Crippen LogP contribution in [0.2, 0.25) is 0 Å². The van der Waals surface area contributed by atoms with Crippen molar-refractivity contribution in [3.63, 3.8) is 0 Å². The van der Waals surface area contributed by atoms with Crippen molar-refractivity contribution in [3.05, 3.63) is 96.1 Å². The average Bonchev–Trinajstić information content (AvgIpc) is 3.22. The normalized spacial score (nSPS) is 10.7. The van der Waals surface area contributed by atoms with E-state index in [0.29, 0.717) is 11.8 Å². The van der Waals surface area contributed by atoms with Crippen molar-refractivity contribution in [3.8, 4) is 17.4 Å². The van der Waals surface area contributed by atoms with Crippen LogP contribution in [0.15, 0.2) is 84.9 Å². The third kappa shape index (κ3) is 4.61. The predicted molar refractivity (Wildman–Crippen MR) is 108 cm³/mol. The second-order valence-corrected chi connectivity index (χ2v) is 6.37. The molecule has 0 unspecified atom stereocenters. The highest BCUT2D eigenvalue weighted by molar-refractivity contribution is 5.34. The first-order valence-corrected chi connectivity index (χ1v) is 9.24. The number of rotatable bonds is 8. The van der Waals surface area contributed by atoms with E-state index in [9.17, 15) is 0 Å². The number of ether oxygens (including phenoxy) is 1. The van der Waals surface area contributed by atoms with Gasteiger partial charge in [-0.1, -0.05) is 65.8 Å². The fourth-order valence-corrected chi connectivity index (χ4v) is 2.86. The Kier molecular flexibility index (Phi) is 5.70. The van der Waals surface area contributed by atoms with E-state index < -0.39 is 0 Å². The molecular weight excluding hydrogens is 350 g/mol. The standard InChI is InChI=1S/C22H21N5O/c1-3-7-18(8-4-1)15-16-23-17-19-11-13-21(14-12-19)28-22-24-25-26-27(22)20-9-5-2-6-10-20/h1-14,23H,15-17H2. The molecule has 0 spiro atoms. The Morgan fingerprint density at radius 1 is 0.786 bits per heavy atom. The van der Waals surface area contributed by atoms with Gasteiger partial charge in [0.05, 0.1) is 5.69 Å². The van der Waals surface area contributed by atoms with Crippen molar-refractivity contribution in [1.29, 1.82) is 0 Å². The minimum atomic E-state index is 0.333. The smallest absolute Gasteiger partial charge is 0.345 e. The Hall–Kier alpha value is -3.51. The second kappa shape index (κ2) is 8.92. The largest absolute Gasteiger partial charge is 0.423 e. The first-order valence-electron chi connectivity index (χ1n) is 9.24. The molecule has 0 radical (unpaired) electrons. The first kappa shape index (κ1) is 17.9. The molecule has 0 saturated carbocycles. The first-order chi connectivity index (χ1) is 13.9. The molecule has 140 valence electrons. The summed E-state index contributed by atoms with van der Waals surface area (Å²) in [7, 11) is 0. The van der Waals surface area contributed by atoms with Crippen LogP contribution < -0.4 is 10.1 Å². The number of para-hydroxylation sites is 1. The van der Waals surface area contributed by atoms with Gasteiger partial charge in [0.25, 0.3) is 0 Å². The van der Waals surface area contributed by atoms with Crippen LogP contribution in [0.25, 0.3) is 5.69 Å². The summed E-state index contributed by atoms with van der Waals surface area (Å²) in [5.41, 5.74) is 3.39. The molecule has 1 aromatic heterocycles. The van der Waals surface area contributed by atoms with E-state index in [0.717, 1.165) is 25.2 Å². The van der Waals surface area contributed by atoms with Crippen LogP contribution >= 0.6 is 0 Å². The maximum absolute atomic E-state index is 5.85. The minimum Gasteiger partial charge on any atom is -0.423 e. The molecule has 1 N–H and O–H groups in total. The summed E-state index contributed by atoms with van der Waals surface area (Å²) in [6.07, 6.45) is 1.02. The van der Waals surface area contributed by atoms with Crippen LogP contribution in [0, 0.1) is 0 Å². The van der Waals surface area contributed by atoms with Crippen LogP contribution in [0.3, 0.4) is 0 Å². The zero-order chi connectivity index (χ0) is 19.0. The van der Waals surface area contributed by atoms with E-state index >= 15 is 0 Å². The highest BCUT2D eigenvalue weighted by atomic mass is 16.5. The summed E-state index contributed by atoms with van der Waals surface area (Å²) in [6, 6.07) is 28.4. The van der Waals surface area contributed by atoms with Crippen molar-refractivity contribution in [2.24, 2.45) is 0 Å². The Balaban J connectivity index is 1.31. The SMILES string of the molecule is c1ccc(CCNCc2ccc(Oc3nnnn3-c3ccccc3)cc2)cc1. The predicted octanol–water partition coefficient (Wildman–Crippen LogP) is 3.79. The maximum atomic E-state index is 5.85. The van der Waals surface area contributed by atoms with Gasteiger partial charge in [-0.15, -0.1) is 0 Å². The highest BCUT2D eigenvalue weighted by Crippen LogP contribution is 2.21. The van der Waals surface area contributed by atoms with Crippen LogP contribution in [-0.4, -0.2) is 26.8 Å². The van der Waals surface area contributed by atoms with Gasteiger partial charge >= 0.3 is 6.01 Å². The van der Waals surface area contributed by atoms with Crippen molar-refractivity contribution in [1.82, 2.24) is 25.5 Å². The minimum absolute atomic E-state index is 0.333. The third-order valence-corrected chi connectivity index (χ3v) is 4.34. The van der Waals surface area contributed by atoms with E-state index in [1.54, 1.807) is 4.68 Å². The molecule has 4 aromatic rings. The lowest BCUT2D eigenvalue weighted by atomic mass is 10.1. The molecule has 6 nitrogen and oxygen atoms in total. The fraction of sp³-hybridized carbons (Fsp3) is 0.136. The lowest BCUT2D eigenvalue weighted by Crippen LogP contribution is -2.16. The molecule has 0 aliphatic rings. The summed E-state index contributed by atoms with van der Waals surface area (Å²) < 4.78 is 7.42. The summed E-state index contributed by atoms with van der Waals surface area (Å²) in [5, 5.41) is 15.1. The van der Waals surface area contributed by atoms with Gasteiger partial charge in [-0.3, -0.25) is 0 Å². The number of hydrogen-bond donors (Lipinski definition) is 1. The molecule has 0 saturated heterocycles. The van der Waals surface area contributed by atoms with Crippen molar-refractivity contribution < 1.29 is 4.74 Å². The molecule has 0 aliphatic carbocycles. The van der Waals surface area contributed by atoms with Gasteiger partial charge in [-0.2, -0.15) is 4.68 Å². The summed E-state index contributed by atoms with van der Waals surface area (Å²) in [4.78, 5) is 0. The summed E-state index contributed by atoms with van der Waals surface area (Å²) in [6.45, 7) is 1.75. The zero-order valence-corrected chi connectivity index (χ0v) is 15.4. The van der Waals surface area contributed by atoms with E-state index in [4.69, 9.17) is 4.74 Å². The maximum Gasteiger partial charge on any atom is 0.345 e. The lowest BCUT2D eigenvalue weighted by molar-refractivity contribution is 0.427. The van der Waals surface area contributed by atoms with E-state index in [-0.39, 0.29) is 0 Å². The topological polar surface area (TPSA) is 64.9 Å². The second-order valence-electron chi connectivity index (χ2n) is 6.37.